The van der Waals surface area contributed by atoms with Crippen LogP contribution in [-0.4, -0.2) is 85.2 Å². The second kappa shape index (κ2) is 9.36. The lowest BCUT2D eigenvalue weighted by Gasteiger charge is -2.49. The molecule has 4 fully saturated rings. The molecule has 1 N–H and O–H groups in total. The molecular weight excluding hydrogens is 474 g/mol. The molecule has 0 radical (unpaired) electrons. The number of fused-ring (bicyclic) bond motifs is 1. The van der Waals surface area contributed by atoms with Crippen LogP contribution in [0.15, 0.2) is 18.2 Å². The van der Waals surface area contributed by atoms with Crippen molar-refractivity contribution in [2.75, 3.05) is 39.5 Å². The Morgan fingerprint density at radius 1 is 1.03 bits per heavy atom. The van der Waals surface area contributed by atoms with Gasteiger partial charge in [-0.15, -0.1) is 0 Å². The zero-order valence-electron chi connectivity index (χ0n) is 21.8. The summed E-state index contributed by atoms with van der Waals surface area (Å²) in [5.41, 5.74) is 1.84. The number of amides is 3. The quantitative estimate of drug-likeness (QED) is 0.534. The van der Waals surface area contributed by atoms with Gasteiger partial charge >= 0.3 is 0 Å². The second-order valence-corrected chi connectivity index (χ2v) is 12.4. The SMILES string of the molecule is CC1(CN(CC2(C)COC2)[C@@H]2CCC[C@@H]2Oc2ccc3c(c2)CN(C2CCC(=O)NC2=O)C3=O)COC1. The number of ether oxygens (including phenoxy) is 3. The van der Waals surface area contributed by atoms with E-state index in [0.29, 0.717) is 24.6 Å². The number of hydrogen-bond acceptors (Lipinski definition) is 7. The molecule has 1 unspecified atom stereocenters. The molecule has 0 spiro atoms. The standard InChI is InChI=1S/C28H37N3O6/c1-27(14-35-15-27)12-30(13-28(2)16-36-17-28)21-4-3-5-23(21)37-19-6-7-20-18(10-19)11-31(26(20)34)22-8-9-24(32)29-25(22)33/h6-7,10,21-23H,3-5,8-9,11-17H2,1-2H3,(H,29,32,33)/t21-,22?,23+/m1/s1. The number of nitrogens with zero attached hydrogens (tertiary/aromatic N) is 2. The van der Waals surface area contributed by atoms with E-state index in [2.05, 4.69) is 24.1 Å². The molecule has 1 aromatic rings. The third-order valence-electron chi connectivity index (χ3n) is 8.64. The molecule has 1 aliphatic carbocycles. The Labute approximate surface area is 217 Å². The van der Waals surface area contributed by atoms with Crippen molar-refractivity contribution in [1.29, 1.82) is 0 Å². The van der Waals surface area contributed by atoms with E-state index >= 15 is 0 Å². The summed E-state index contributed by atoms with van der Waals surface area (Å²) in [6.45, 7) is 10.2. The average molecular weight is 512 g/mol. The number of piperidine rings is 1. The molecule has 0 aromatic heterocycles. The Morgan fingerprint density at radius 2 is 1.73 bits per heavy atom. The molecule has 3 saturated heterocycles. The van der Waals surface area contributed by atoms with Gasteiger partial charge in [-0.05, 0) is 49.4 Å². The van der Waals surface area contributed by atoms with Gasteiger partial charge in [0.2, 0.25) is 11.8 Å². The van der Waals surface area contributed by atoms with E-state index in [0.717, 1.165) is 70.1 Å². The van der Waals surface area contributed by atoms with Crippen LogP contribution in [0.5, 0.6) is 5.75 Å². The van der Waals surface area contributed by atoms with Crippen LogP contribution in [0, 0.1) is 10.8 Å². The fourth-order valence-electron chi connectivity index (χ4n) is 6.62. The van der Waals surface area contributed by atoms with Gasteiger partial charge in [0, 0.05) is 48.5 Å². The molecule has 200 valence electrons. The van der Waals surface area contributed by atoms with Crippen LogP contribution in [0.25, 0.3) is 0 Å². The molecule has 0 bridgehead atoms. The normalized spacial score (nSPS) is 30.1. The van der Waals surface area contributed by atoms with Crippen molar-refractivity contribution >= 4 is 17.7 Å². The monoisotopic (exact) mass is 511 g/mol. The number of hydrogen-bond donors (Lipinski definition) is 1. The van der Waals surface area contributed by atoms with Gasteiger partial charge in [-0.1, -0.05) is 13.8 Å². The van der Waals surface area contributed by atoms with E-state index in [9.17, 15) is 14.4 Å². The smallest absolute Gasteiger partial charge is 0.255 e. The number of imide groups is 1. The van der Waals surface area contributed by atoms with Crippen LogP contribution >= 0.6 is 0 Å². The summed E-state index contributed by atoms with van der Waals surface area (Å²) in [4.78, 5) is 41.2. The van der Waals surface area contributed by atoms with Crippen LogP contribution < -0.4 is 10.1 Å². The first kappa shape index (κ1) is 24.8. The molecule has 37 heavy (non-hydrogen) atoms. The summed E-state index contributed by atoms with van der Waals surface area (Å²) in [5, 5.41) is 2.36. The third kappa shape index (κ3) is 4.77. The Kier molecular flexibility index (Phi) is 6.28. The van der Waals surface area contributed by atoms with Gasteiger partial charge in [-0.25, -0.2) is 0 Å². The molecule has 1 saturated carbocycles. The molecule has 4 aliphatic heterocycles. The van der Waals surface area contributed by atoms with Crippen molar-refractivity contribution in [2.45, 2.75) is 70.7 Å². The van der Waals surface area contributed by atoms with Gasteiger partial charge in [-0.3, -0.25) is 24.6 Å². The van der Waals surface area contributed by atoms with Gasteiger partial charge in [-0.2, -0.15) is 0 Å². The summed E-state index contributed by atoms with van der Waals surface area (Å²) in [6, 6.07) is 5.38. The van der Waals surface area contributed by atoms with Crippen molar-refractivity contribution < 1.29 is 28.6 Å². The minimum absolute atomic E-state index is 0.0792. The number of carbonyl (C=O) groups excluding carboxylic acids is 3. The number of rotatable bonds is 8. The van der Waals surface area contributed by atoms with Crippen molar-refractivity contribution in [2.24, 2.45) is 10.8 Å². The highest BCUT2D eigenvalue weighted by molar-refractivity contribution is 6.05. The lowest BCUT2D eigenvalue weighted by Crippen LogP contribution is -2.58. The molecule has 4 heterocycles. The van der Waals surface area contributed by atoms with Crippen molar-refractivity contribution in [3.8, 4) is 5.75 Å². The van der Waals surface area contributed by atoms with Gasteiger partial charge in [0.25, 0.3) is 5.91 Å². The zero-order valence-corrected chi connectivity index (χ0v) is 21.8. The van der Waals surface area contributed by atoms with Crippen molar-refractivity contribution in [3.63, 3.8) is 0 Å². The van der Waals surface area contributed by atoms with Crippen LogP contribution in [-0.2, 0) is 25.6 Å². The van der Waals surface area contributed by atoms with Crippen LogP contribution in [0.2, 0.25) is 0 Å². The van der Waals surface area contributed by atoms with E-state index in [1.165, 1.54) is 0 Å². The first-order valence-electron chi connectivity index (χ1n) is 13.6. The van der Waals surface area contributed by atoms with Gasteiger partial charge in [0.1, 0.15) is 17.9 Å². The maximum atomic E-state index is 13.0. The molecule has 1 aromatic carbocycles. The minimum Gasteiger partial charge on any atom is -0.489 e. The van der Waals surface area contributed by atoms with Gasteiger partial charge < -0.3 is 19.1 Å². The lowest BCUT2D eigenvalue weighted by atomic mass is 9.83. The van der Waals surface area contributed by atoms with Gasteiger partial charge in [0.15, 0.2) is 0 Å². The molecule has 6 rings (SSSR count). The summed E-state index contributed by atoms with van der Waals surface area (Å²) >= 11 is 0. The third-order valence-corrected chi connectivity index (χ3v) is 8.64. The fourth-order valence-corrected chi connectivity index (χ4v) is 6.62. The number of nitrogens with one attached hydrogen (secondary N) is 1. The van der Waals surface area contributed by atoms with Crippen LogP contribution in [0.4, 0.5) is 0 Å². The van der Waals surface area contributed by atoms with Crippen molar-refractivity contribution in [1.82, 2.24) is 15.1 Å². The first-order valence-corrected chi connectivity index (χ1v) is 13.6. The summed E-state index contributed by atoms with van der Waals surface area (Å²) in [5.74, 6) is -0.0596. The molecule has 9 heteroatoms. The zero-order chi connectivity index (χ0) is 25.8. The maximum absolute atomic E-state index is 13.0. The van der Waals surface area contributed by atoms with Gasteiger partial charge in [0.05, 0.1) is 26.4 Å². The highest BCUT2D eigenvalue weighted by Crippen LogP contribution is 2.38. The summed E-state index contributed by atoms with van der Waals surface area (Å²) in [7, 11) is 0. The van der Waals surface area contributed by atoms with Crippen molar-refractivity contribution in [3.05, 3.63) is 29.3 Å². The second-order valence-electron chi connectivity index (χ2n) is 12.4. The largest absolute Gasteiger partial charge is 0.489 e. The van der Waals surface area contributed by atoms with E-state index in [-0.39, 0.29) is 41.1 Å². The Balaban J connectivity index is 1.16. The van der Waals surface area contributed by atoms with Crippen LogP contribution in [0.3, 0.4) is 0 Å². The fraction of sp³-hybridized carbons (Fsp3) is 0.679. The summed E-state index contributed by atoms with van der Waals surface area (Å²) < 4.78 is 17.7. The van der Waals surface area contributed by atoms with Crippen LogP contribution in [0.1, 0.15) is 61.9 Å². The Bertz CT molecular complexity index is 1080. The predicted octanol–water partition coefficient (Wildman–Crippen LogP) is 2.12. The average Bonchev–Trinajstić information content (AvgIpc) is 3.41. The first-order chi connectivity index (χ1) is 17.7. The lowest BCUT2D eigenvalue weighted by molar-refractivity contribution is -0.151. The van der Waals surface area contributed by atoms with E-state index < -0.39 is 6.04 Å². The summed E-state index contributed by atoms with van der Waals surface area (Å²) in [6.07, 6.45) is 3.92. The predicted molar refractivity (Wildman–Crippen MR) is 134 cm³/mol. The molecule has 3 amide bonds. The number of benzene rings is 1. The molecule has 9 nitrogen and oxygen atoms in total. The molecular formula is C28H37N3O6. The van der Waals surface area contributed by atoms with E-state index in [1.807, 2.05) is 18.2 Å². The highest BCUT2D eigenvalue weighted by atomic mass is 16.5. The van der Waals surface area contributed by atoms with E-state index in [1.54, 1.807) is 4.90 Å². The number of carbonyl (C=O) groups is 3. The molecule has 5 aliphatic rings. The Morgan fingerprint density at radius 3 is 2.35 bits per heavy atom. The van der Waals surface area contributed by atoms with E-state index in [4.69, 9.17) is 14.2 Å². The minimum atomic E-state index is -0.608. The molecule has 3 atom stereocenters. The maximum Gasteiger partial charge on any atom is 0.255 e. The Hall–Kier alpha value is -2.49. The highest BCUT2D eigenvalue weighted by Gasteiger charge is 2.45. The topological polar surface area (TPSA) is 97.4 Å².